The number of para-hydroxylation sites is 1. The molecule has 152 valence electrons. The van der Waals surface area contributed by atoms with Gasteiger partial charge in [-0.2, -0.15) is 13.9 Å². The molecule has 0 spiro atoms. The van der Waals surface area contributed by atoms with Gasteiger partial charge < -0.3 is 5.32 Å². The summed E-state index contributed by atoms with van der Waals surface area (Å²) < 4.78 is 43.3. The standard InChI is InChI=1S/C18H12F3N7O2/c1-9-7-14(27-26-9)23-16-11-3-2-4-12(28(29)30)15(11)24-17(25-16)18(20,21)13-6-5-10(19)8-22-13/h2-8H,1H3,(H2,23,24,25,26,27). The molecule has 12 heteroatoms. The monoisotopic (exact) mass is 415 g/mol. The van der Waals surface area contributed by atoms with Crippen LogP contribution in [-0.4, -0.2) is 30.1 Å². The summed E-state index contributed by atoms with van der Waals surface area (Å²) in [6.07, 6.45) is 0.637. The molecule has 2 N–H and O–H groups in total. The number of pyridine rings is 1. The van der Waals surface area contributed by atoms with Crippen molar-refractivity contribution in [3.63, 3.8) is 0 Å². The first-order valence-corrected chi connectivity index (χ1v) is 8.50. The number of nitrogens with zero attached hydrogens (tertiary/aromatic N) is 5. The largest absolute Gasteiger partial charge is 0.348 e. The number of benzene rings is 1. The molecule has 0 fully saturated rings. The summed E-state index contributed by atoms with van der Waals surface area (Å²) in [6, 6.07) is 7.23. The Hall–Kier alpha value is -4.09. The molecule has 0 saturated heterocycles. The lowest BCUT2D eigenvalue weighted by Crippen LogP contribution is -2.21. The van der Waals surface area contributed by atoms with E-state index in [1.165, 1.54) is 12.1 Å². The van der Waals surface area contributed by atoms with E-state index >= 15 is 8.78 Å². The molecular weight excluding hydrogens is 403 g/mol. The van der Waals surface area contributed by atoms with Crippen LogP contribution in [0.3, 0.4) is 0 Å². The Labute approximate surface area is 166 Å². The summed E-state index contributed by atoms with van der Waals surface area (Å²) in [5.41, 5.74) is -0.865. The van der Waals surface area contributed by atoms with Crippen LogP contribution < -0.4 is 5.32 Å². The van der Waals surface area contributed by atoms with E-state index in [-0.39, 0.29) is 22.5 Å². The number of nitro benzene ring substituents is 1. The van der Waals surface area contributed by atoms with E-state index in [4.69, 9.17) is 0 Å². The molecule has 3 heterocycles. The van der Waals surface area contributed by atoms with Crippen molar-refractivity contribution in [2.45, 2.75) is 12.8 Å². The molecule has 0 amide bonds. The van der Waals surface area contributed by atoms with Crippen LogP contribution in [-0.2, 0) is 5.92 Å². The summed E-state index contributed by atoms with van der Waals surface area (Å²) in [5.74, 6) is -5.50. The quantitative estimate of drug-likeness (QED) is 0.373. The zero-order valence-electron chi connectivity index (χ0n) is 15.2. The second-order valence-electron chi connectivity index (χ2n) is 6.32. The molecule has 4 rings (SSSR count). The molecule has 0 aliphatic heterocycles. The number of nitro groups is 1. The normalized spacial score (nSPS) is 11.6. The third-order valence-electron chi connectivity index (χ3n) is 4.18. The number of non-ortho nitro benzene ring substituents is 1. The van der Waals surface area contributed by atoms with Crippen LogP contribution in [0.25, 0.3) is 10.9 Å². The summed E-state index contributed by atoms with van der Waals surface area (Å²) in [6.45, 7) is 1.74. The fraction of sp³-hybridized carbons (Fsp3) is 0.111. The number of rotatable bonds is 5. The number of hydrogen-bond donors (Lipinski definition) is 2. The summed E-state index contributed by atoms with van der Waals surface area (Å²) in [5, 5.41) is 21.0. The fourth-order valence-corrected chi connectivity index (χ4v) is 2.80. The van der Waals surface area contributed by atoms with Crippen LogP contribution in [0.2, 0.25) is 0 Å². The number of anilines is 2. The predicted molar refractivity (Wildman–Crippen MR) is 100.0 cm³/mol. The zero-order valence-corrected chi connectivity index (χ0v) is 15.2. The summed E-state index contributed by atoms with van der Waals surface area (Å²) >= 11 is 0. The lowest BCUT2D eigenvalue weighted by atomic mass is 10.1. The van der Waals surface area contributed by atoms with Crippen molar-refractivity contribution in [1.82, 2.24) is 25.1 Å². The van der Waals surface area contributed by atoms with Crippen LogP contribution in [0.4, 0.5) is 30.5 Å². The minimum atomic E-state index is -3.84. The predicted octanol–water partition coefficient (Wildman–Crippen LogP) is 3.99. The maximum absolute atomic E-state index is 15.1. The number of aromatic nitrogens is 5. The summed E-state index contributed by atoms with van der Waals surface area (Å²) in [7, 11) is 0. The van der Waals surface area contributed by atoms with E-state index in [9.17, 15) is 14.5 Å². The molecule has 1 aromatic carbocycles. The molecule has 9 nitrogen and oxygen atoms in total. The molecule has 0 unspecified atom stereocenters. The second kappa shape index (κ2) is 7.06. The first-order valence-electron chi connectivity index (χ1n) is 8.50. The smallest absolute Gasteiger partial charge is 0.323 e. The number of H-pyrrole nitrogens is 1. The van der Waals surface area contributed by atoms with E-state index in [1.807, 2.05) is 0 Å². The van der Waals surface area contributed by atoms with Crippen molar-refractivity contribution >= 4 is 28.2 Å². The molecule has 0 atom stereocenters. The number of halogens is 3. The highest BCUT2D eigenvalue weighted by Crippen LogP contribution is 2.37. The van der Waals surface area contributed by atoms with Gasteiger partial charge in [-0.1, -0.05) is 6.07 Å². The van der Waals surface area contributed by atoms with Gasteiger partial charge in [0.15, 0.2) is 11.3 Å². The molecule has 0 aliphatic rings. The van der Waals surface area contributed by atoms with Gasteiger partial charge in [-0.15, -0.1) is 0 Å². The molecule has 0 saturated carbocycles. The lowest BCUT2D eigenvalue weighted by molar-refractivity contribution is -0.383. The average molecular weight is 415 g/mol. The average Bonchev–Trinajstić information content (AvgIpc) is 3.12. The first-order chi connectivity index (χ1) is 14.3. The number of alkyl halides is 2. The van der Waals surface area contributed by atoms with Gasteiger partial charge in [0.1, 0.15) is 17.3 Å². The van der Waals surface area contributed by atoms with Crippen LogP contribution in [0.15, 0.2) is 42.6 Å². The number of nitrogens with one attached hydrogen (secondary N) is 2. The van der Waals surface area contributed by atoms with Crippen LogP contribution in [0.5, 0.6) is 0 Å². The molecule has 0 bridgehead atoms. The zero-order chi connectivity index (χ0) is 21.5. The third kappa shape index (κ3) is 3.38. The number of aryl methyl sites for hydroxylation is 1. The Morgan fingerprint density at radius 1 is 1.20 bits per heavy atom. The second-order valence-corrected chi connectivity index (χ2v) is 6.32. The maximum atomic E-state index is 15.1. The Balaban J connectivity index is 1.94. The van der Waals surface area contributed by atoms with Gasteiger partial charge in [0, 0.05) is 17.8 Å². The molecule has 3 aromatic heterocycles. The van der Waals surface area contributed by atoms with Crippen molar-refractivity contribution in [3.8, 4) is 0 Å². The number of aromatic amines is 1. The van der Waals surface area contributed by atoms with Gasteiger partial charge in [0.2, 0.25) is 5.82 Å². The van der Waals surface area contributed by atoms with Crippen molar-refractivity contribution in [1.29, 1.82) is 0 Å². The van der Waals surface area contributed by atoms with Gasteiger partial charge in [-0.3, -0.25) is 20.2 Å². The van der Waals surface area contributed by atoms with Gasteiger partial charge in [-0.25, -0.2) is 14.4 Å². The Morgan fingerprint density at radius 2 is 2.00 bits per heavy atom. The highest BCUT2D eigenvalue weighted by Gasteiger charge is 2.40. The van der Waals surface area contributed by atoms with Gasteiger partial charge in [0.25, 0.3) is 5.69 Å². The topological polar surface area (TPSA) is 123 Å². The van der Waals surface area contributed by atoms with E-state index in [0.29, 0.717) is 11.9 Å². The lowest BCUT2D eigenvalue weighted by Gasteiger charge is -2.16. The minimum Gasteiger partial charge on any atom is -0.323 e. The molecular formula is C18H12F3N7O2. The van der Waals surface area contributed by atoms with Crippen LogP contribution >= 0.6 is 0 Å². The Morgan fingerprint density at radius 3 is 2.63 bits per heavy atom. The van der Waals surface area contributed by atoms with Crippen LogP contribution in [0, 0.1) is 22.9 Å². The van der Waals surface area contributed by atoms with Crippen molar-refractivity contribution in [2.24, 2.45) is 0 Å². The molecule has 30 heavy (non-hydrogen) atoms. The fourth-order valence-electron chi connectivity index (χ4n) is 2.80. The maximum Gasteiger partial charge on any atom is 0.348 e. The third-order valence-corrected chi connectivity index (χ3v) is 4.18. The SMILES string of the molecule is Cc1cc(Nc2nc(C(F)(F)c3ccc(F)cn3)nc3c([N+](=O)[O-])cccc23)n[nH]1. The first kappa shape index (κ1) is 19.2. The highest BCUT2D eigenvalue weighted by molar-refractivity contribution is 5.96. The van der Waals surface area contributed by atoms with Gasteiger partial charge in [-0.05, 0) is 25.1 Å². The van der Waals surface area contributed by atoms with Gasteiger partial charge >= 0.3 is 5.92 Å². The van der Waals surface area contributed by atoms with Crippen molar-refractivity contribution in [3.05, 3.63) is 75.7 Å². The highest BCUT2D eigenvalue weighted by atomic mass is 19.3. The number of hydrogen-bond acceptors (Lipinski definition) is 7. The van der Waals surface area contributed by atoms with Gasteiger partial charge in [0.05, 0.1) is 16.5 Å². The minimum absolute atomic E-state index is 0.105. The molecule has 0 radical (unpaired) electrons. The van der Waals surface area contributed by atoms with Crippen molar-refractivity contribution in [2.75, 3.05) is 5.32 Å². The summed E-state index contributed by atoms with van der Waals surface area (Å²) in [4.78, 5) is 21.8. The number of fused-ring (bicyclic) bond motifs is 1. The van der Waals surface area contributed by atoms with Crippen LogP contribution in [0.1, 0.15) is 17.2 Å². The van der Waals surface area contributed by atoms with Crippen molar-refractivity contribution < 1.29 is 18.1 Å². The Bertz CT molecular complexity index is 1260. The molecule has 0 aliphatic carbocycles. The molecule has 4 aromatic rings. The van der Waals surface area contributed by atoms with E-state index < -0.39 is 33.9 Å². The van der Waals surface area contributed by atoms with E-state index in [2.05, 4.69) is 30.5 Å². The van der Waals surface area contributed by atoms with E-state index in [0.717, 1.165) is 18.2 Å². The van der Waals surface area contributed by atoms with E-state index in [1.54, 1.807) is 13.0 Å². The Kier molecular flexibility index (Phi) is 4.53.